The summed E-state index contributed by atoms with van der Waals surface area (Å²) in [4.78, 5) is 11.7. The van der Waals surface area contributed by atoms with Crippen molar-refractivity contribution in [2.24, 2.45) is 0 Å². The molecule has 0 radical (unpaired) electrons. The van der Waals surface area contributed by atoms with Gasteiger partial charge in [-0.3, -0.25) is 5.10 Å². The molecule has 5 nitrogen and oxygen atoms in total. The first-order valence-electron chi connectivity index (χ1n) is 7.85. The first-order valence-corrected chi connectivity index (χ1v) is 7.85. The molecule has 1 unspecified atom stereocenters. The van der Waals surface area contributed by atoms with Crippen molar-refractivity contribution < 1.29 is 0 Å². The summed E-state index contributed by atoms with van der Waals surface area (Å²) in [6.45, 7) is 6.30. The number of nitrogens with one attached hydrogen (secondary N) is 1. The molecule has 3 heterocycles. The molecule has 3 rings (SSSR count). The summed E-state index contributed by atoms with van der Waals surface area (Å²) >= 11 is 0. The lowest BCUT2D eigenvalue weighted by Crippen LogP contribution is -2.35. The summed E-state index contributed by atoms with van der Waals surface area (Å²) in [5, 5.41) is 7.19. The molecule has 0 saturated carbocycles. The maximum Gasteiger partial charge on any atom is 0.132 e. The van der Waals surface area contributed by atoms with Gasteiger partial charge < -0.3 is 4.90 Å². The molecule has 1 fully saturated rings. The zero-order valence-corrected chi connectivity index (χ0v) is 12.8. The fourth-order valence-electron chi connectivity index (χ4n) is 3.04. The molecule has 0 aliphatic carbocycles. The van der Waals surface area contributed by atoms with E-state index >= 15 is 0 Å². The summed E-state index contributed by atoms with van der Waals surface area (Å²) in [7, 11) is 0. The van der Waals surface area contributed by atoms with Crippen LogP contribution in [0.25, 0.3) is 0 Å². The number of H-pyrrole nitrogens is 1. The van der Waals surface area contributed by atoms with Gasteiger partial charge in [0.05, 0.1) is 0 Å². The van der Waals surface area contributed by atoms with Crippen LogP contribution in [-0.4, -0.2) is 33.3 Å². The standard InChI is InChI=1S/C16H23N5/c1-3-5-15-18-12(2)10-16(19-15)21-9-4-6-13(11-21)14-7-8-17-20-14/h7-8,10,13H,3-6,9,11H2,1-2H3,(H,17,20). The fraction of sp³-hybridized carbons (Fsp3) is 0.562. The van der Waals surface area contributed by atoms with Crippen LogP contribution in [0.3, 0.4) is 0 Å². The molecular formula is C16H23N5. The van der Waals surface area contributed by atoms with Crippen LogP contribution in [0, 0.1) is 6.92 Å². The molecule has 112 valence electrons. The number of nitrogens with zero attached hydrogens (tertiary/aromatic N) is 4. The van der Waals surface area contributed by atoms with Gasteiger partial charge in [0.15, 0.2) is 0 Å². The molecule has 0 spiro atoms. The third-order valence-corrected chi connectivity index (χ3v) is 4.07. The minimum absolute atomic E-state index is 0.520. The van der Waals surface area contributed by atoms with E-state index in [-0.39, 0.29) is 0 Å². The molecule has 0 amide bonds. The zero-order valence-electron chi connectivity index (χ0n) is 12.8. The van der Waals surface area contributed by atoms with Gasteiger partial charge in [-0.2, -0.15) is 5.10 Å². The molecule has 1 atom stereocenters. The Bertz CT molecular complexity index is 578. The maximum absolute atomic E-state index is 4.75. The van der Waals surface area contributed by atoms with E-state index in [2.05, 4.69) is 46.1 Å². The van der Waals surface area contributed by atoms with E-state index < -0.39 is 0 Å². The molecule has 5 heteroatoms. The van der Waals surface area contributed by atoms with Crippen LogP contribution in [0.4, 0.5) is 5.82 Å². The molecule has 0 aromatic carbocycles. The molecule has 1 aliphatic rings. The summed E-state index contributed by atoms with van der Waals surface area (Å²) in [5.74, 6) is 2.57. The Morgan fingerprint density at radius 2 is 2.29 bits per heavy atom. The second-order valence-corrected chi connectivity index (χ2v) is 5.83. The number of piperidine rings is 1. The maximum atomic E-state index is 4.75. The lowest BCUT2D eigenvalue weighted by molar-refractivity contribution is 0.497. The van der Waals surface area contributed by atoms with Crippen molar-refractivity contribution in [3.8, 4) is 0 Å². The lowest BCUT2D eigenvalue weighted by Gasteiger charge is -2.33. The van der Waals surface area contributed by atoms with Gasteiger partial charge in [0.2, 0.25) is 0 Å². The second-order valence-electron chi connectivity index (χ2n) is 5.83. The Kier molecular flexibility index (Phi) is 4.18. The van der Waals surface area contributed by atoms with E-state index in [0.29, 0.717) is 5.92 Å². The van der Waals surface area contributed by atoms with Crippen LogP contribution in [0.15, 0.2) is 18.3 Å². The number of aromatic nitrogens is 4. The molecule has 2 aromatic heterocycles. The largest absolute Gasteiger partial charge is 0.356 e. The Hall–Kier alpha value is -1.91. The number of hydrogen-bond donors (Lipinski definition) is 1. The van der Waals surface area contributed by atoms with Gasteiger partial charge in [0, 0.05) is 49.1 Å². The molecule has 1 saturated heterocycles. The van der Waals surface area contributed by atoms with Crippen LogP contribution in [0.1, 0.15) is 49.3 Å². The summed E-state index contributed by atoms with van der Waals surface area (Å²) < 4.78 is 0. The second kappa shape index (κ2) is 6.24. The number of aryl methyl sites for hydroxylation is 2. The van der Waals surface area contributed by atoms with E-state index in [1.807, 2.05) is 6.20 Å². The van der Waals surface area contributed by atoms with Gasteiger partial charge in [0.1, 0.15) is 11.6 Å². The van der Waals surface area contributed by atoms with Gasteiger partial charge in [-0.25, -0.2) is 9.97 Å². The fourth-order valence-corrected chi connectivity index (χ4v) is 3.04. The highest BCUT2D eigenvalue weighted by atomic mass is 15.2. The average Bonchev–Trinajstić information content (AvgIpc) is 3.01. The van der Waals surface area contributed by atoms with Crippen LogP contribution >= 0.6 is 0 Å². The number of rotatable bonds is 4. The smallest absolute Gasteiger partial charge is 0.132 e. The minimum Gasteiger partial charge on any atom is -0.356 e. The van der Waals surface area contributed by atoms with Crippen molar-refractivity contribution in [3.63, 3.8) is 0 Å². The van der Waals surface area contributed by atoms with Gasteiger partial charge >= 0.3 is 0 Å². The predicted octanol–water partition coefficient (Wildman–Crippen LogP) is 2.84. The third kappa shape index (κ3) is 3.23. The number of anilines is 1. The number of aromatic amines is 1. The highest BCUT2D eigenvalue weighted by Gasteiger charge is 2.23. The van der Waals surface area contributed by atoms with Crippen LogP contribution in [0.2, 0.25) is 0 Å². The topological polar surface area (TPSA) is 57.7 Å². The van der Waals surface area contributed by atoms with E-state index in [1.54, 1.807) is 0 Å². The number of hydrogen-bond acceptors (Lipinski definition) is 4. The van der Waals surface area contributed by atoms with Crippen molar-refractivity contribution in [1.82, 2.24) is 20.2 Å². The Morgan fingerprint density at radius 1 is 1.38 bits per heavy atom. The third-order valence-electron chi connectivity index (χ3n) is 4.07. The zero-order chi connectivity index (χ0) is 14.7. The Morgan fingerprint density at radius 3 is 3.05 bits per heavy atom. The van der Waals surface area contributed by atoms with Gasteiger partial charge in [-0.1, -0.05) is 6.92 Å². The Balaban J connectivity index is 1.79. The summed E-state index contributed by atoms with van der Waals surface area (Å²) in [6.07, 6.45) is 6.27. The highest BCUT2D eigenvalue weighted by molar-refractivity contribution is 5.41. The van der Waals surface area contributed by atoms with Crippen LogP contribution in [-0.2, 0) is 6.42 Å². The van der Waals surface area contributed by atoms with Crippen molar-refractivity contribution in [2.45, 2.75) is 45.4 Å². The van der Waals surface area contributed by atoms with Crippen molar-refractivity contribution in [1.29, 1.82) is 0 Å². The minimum atomic E-state index is 0.520. The molecule has 21 heavy (non-hydrogen) atoms. The van der Waals surface area contributed by atoms with Gasteiger partial charge in [0.25, 0.3) is 0 Å². The quantitative estimate of drug-likeness (QED) is 0.938. The van der Waals surface area contributed by atoms with E-state index in [9.17, 15) is 0 Å². The van der Waals surface area contributed by atoms with Crippen LogP contribution in [0.5, 0.6) is 0 Å². The first-order chi connectivity index (χ1) is 10.3. The van der Waals surface area contributed by atoms with E-state index in [4.69, 9.17) is 4.98 Å². The predicted molar refractivity (Wildman–Crippen MR) is 83.5 cm³/mol. The van der Waals surface area contributed by atoms with E-state index in [1.165, 1.54) is 18.5 Å². The Labute approximate surface area is 125 Å². The van der Waals surface area contributed by atoms with Gasteiger partial charge in [-0.05, 0) is 32.3 Å². The van der Waals surface area contributed by atoms with Crippen molar-refractivity contribution in [3.05, 3.63) is 35.5 Å². The van der Waals surface area contributed by atoms with E-state index in [0.717, 1.165) is 43.3 Å². The molecule has 1 N–H and O–H groups in total. The van der Waals surface area contributed by atoms with Crippen molar-refractivity contribution in [2.75, 3.05) is 18.0 Å². The summed E-state index contributed by atoms with van der Waals surface area (Å²) in [6, 6.07) is 4.19. The van der Waals surface area contributed by atoms with Crippen molar-refractivity contribution >= 4 is 5.82 Å². The molecule has 2 aromatic rings. The first kappa shape index (κ1) is 14.0. The van der Waals surface area contributed by atoms with Gasteiger partial charge in [-0.15, -0.1) is 0 Å². The lowest BCUT2D eigenvalue weighted by atomic mass is 9.95. The molecular weight excluding hydrogens is 262 g/mol. The normalized spacial score (nSPS) is 19.0. The monoisotopic (exact) mass is 285 g/mol. The summed E-state index contributed by atoms with van der Waals surface area (Å²) in [5.41, 5.74) is 2.30. The van der Waals surface area contributed by atoms with Crippen LogP contribution < -0.4 is 4.90 Å². The SMILES string of the molecule is CCCc1nc(C)cc(N2CCCC(c3ccn[nH]3)C2)n1. The molecule has 0 bridgehead atoms. The molecule has 1 aliphatic heterocycles. The average molecular weight is 285 g/mol. The highest BCUT2D eigenvalue weighted by Crippen LogP contribution is 2.28.